The van der Waals surface area contributed by atoms with Crippen LogP contribution in [0.1, 0.15) is 23.9 Å². The molecule has 1 N–H and O–H groups in total. The number of likely N-dealkylation sites (tertiary alicyclic amines) is 1. The van der Waals surface area contributed by atoms with E-state index in [4.69, 9.17) is 4.74 Å². The van der Waals surface area contributed by atoms with E-state index in [0.717, 1.165) is 11.4 Å². The lowest BCUT2D eigenvalue weighted by Gasteiger charge is -2.24. The Kier molecular flexibility index (Phi) is 5.68. The molecule has 7 nitrogen and oxygen atoms in total. The van der Waals surface area contributed by atoms with Crippen molar-refractivity contribution in [2.75, 3.05) is 20.2 Å². The van der Waals surface area contributed by atoms with Gasteiger partial charge in [0.2, 0.25) is 11.8 Å². The molecule has 0 spiro atoms. The van der Waals surface area contributed by atoms with Crippen LogP contribution in [0.25, 0.3) is 0 Å². The Morgan fingerprint density at radius 1 is 1.31 bits per heavy atom. The highest BCUT2D eigenvalue weighted by molar-refractivity contribution is 5.80. The zero-order valence-corrected chi connectivity index (χ0v) is 15.1. The minimum atomic E-state index is -0.179. The first kappa shape index (κ1) is 18.1. The smallest absolute Gasteiger partial charge is 0.246 e. The third kappa shape index (κ3) is 4.11. The van der Waals surface area contributed by atoms with Gasteiger partial charge in [0.05, 0.1) is 12.6 Å². The minimum absolute atomic E-state index is 0.00152. The fraction of sp³-hybridized carbons (Fsp3) is 0.421. The van der Waals surface area contributed by atoms with Gasteiger partial charge in [-0.1, -0.05) is 30.3 Å². The molecule has 3 rings (SSSR count). The number of hydrogen-bond acceptors (Lipinski definition) is 4. The molecule has 2 atom stereocenters. The summed E-state index contributed by atoms with van der Waals surface area (Å²) in [5, 5.41) is 2.88. The molecule has 2 amide bonds. The quantitative estimate of drug-likeness (QED) is 0.811. The van der Waals surface area contributed by atoms with E-state index in [1.165, 1.54) is 0 Å². The maximum Gasteiger partial charge on any atom is 0.246 e. The Balaban J connectivity index is 1.50. The van der Waals surface area contributed by atoms with Gasteiger partial charge in [-0.05, 0) is 5.56 Å². The lowest BCUT2D eigenvalue weighted by Crippen LogP contribution is -2.35. The molecule has 1 aromatic heterocycles. The van der Waals surface area contributed by atoms with Crippen molar-refractivity contribution in [2.45, 2.75) is 19.1 Å². The molecule has 2 aromatic rings. The Bertz CT molecular complexity index is 759. The van der Waals surface area contributed by atoms with Crippen molar-refractivity contribution < 1.29 is 14.3 Å². The van der Waals surface area contributed by atoms with Crippen molar-refractivity contribution in [2.24, 2.45) is 13.0 Å². The van der Waals surface area contributed by atoms with Gasteiger partial charge in [-0.2, -0.15) is 0 Å². The van der Waals surface area contributed by atoms with E-state index < -0.39 is 0 Å². The molecule has 1 saturated heterocycles. The molecule has 1 aliphatic rings. The maximum absolute atomic E-state index is 12.1. The van der Waals surface area contributed by atoms with Gasteiger partial charge in [0.15, 0.2) is 0 Å². The average Bonchev–Trinajstić information content (AvgIpc) is 3.17. The number of aromatic nitrogens is 2. The summed E-state index contributed by atoms with van der Waals surface area (Å²) in [6, 6.07) is 9.58. The van der Waals surface area contributed by atoms with Crippen molar-refractivity contribution in [3.05, 3.63) is 54.1 Å². The van der Waals surface area contributed by atoms with E-state index in [2.05, 4.69) is 10.3 Å². The molecule has 26 heavy (non-hydrogen) atoms. The molecule has 0 radical (unpaired) electrons. The number of imidazole rings is 1. The molecule has 0 bridgehead atoms. The monoisotopic (exact) mass is 356 g/mol. The SMILES string of the molecule is CN1C(=O)C[C@@H](CNC(=O)COCc2ccccc2)[C@@H]1c1nccn1C. The lowest BCUT2D eigenvalue weighted by atomic mass is 9.99. The van der Waals surface area contributed by atoms with Crippen molar-refractivity contribution in [3.8, 4) is 0 Å². The first-order valence-corrected chi connectivity index (χ1v) is 8.67. The van der Waals surface area contributed by atoms with E-state index in [9.17, 15) is 9.59 Å². The van der Waals surface area contributed by atoms with Crippen LogP contribution < -0.4 is 5.32 Å². The summed E-state index contributed by atoms with van der Waals surface area (Å²) in [4.78, 5) is 30.3. The number of ether oxygens (including phenoxy) is 1. The summed E-state index contributed by atoms with van der Waals surface area (Å²) >= 11 is 0. The predicted octanol–water partition coefficient (Wildman–Crippen LogP) is 1.27. The van der Waals surface area contributed by atoms with E-state index in [1.807, 2.05) is 48.1 Å². The van der Waals surface area contributed by atoms with Crippen LogP contribution in [0.4, 0.5) is 0 Å². The van der Waals surface area contributed by atoms with Crippen LogP contribution >= 0.6 is 0 Å². The lowest BCUT2D eigenvalue weighted by molar-refractivity contribution is -0.128. The number of nitrogens with one attached hydrogen (secondary N) is 1. The summed E-state index contributed by atoms with van der Waals surface area (Å²) in [5.41, 5.74) is 1.03. The number of amides is 2. The van der Waals surface area contributed by atoms with E-state index in [1.54, 1.807) is 18.1 Å². The molecule has 7 heteroatoms. The highest BCUT2D eigenvalue weighted by Crippen LogP contribution is 2.35. The van der Waals surface area contributed by atoms with Crippen molar-refractivity contribution >= 4 is 11.8 Å². The molecule has 0 aliphatic carbocycles. The maximum atomic E-state index is 12.1. The summed E-state index contributed by atoms with van der Waals surface area (Å²) in [6.07, 6.45) is 3.98. The van der Waals surface area contributed by atoms with E-state index in [-0.39, 0.29) is 30.4 Å². The Labute approximate surface area is 153 Å². The van der Waals surface area contributed by atoms with Crippen LogP contribution in [0.5, 0.6) is 0 Å². The average molecular weight is 356 g/mol. The van der Waals surface area contributed by atoms with Gasteiger partial charge >= 0.3 is 0 Å². The Hall–Kier alpha value is -2.67. The number of rotatable bonds is 7. The fourth-order valence-corrected chi connectivity index (χ4v) is 3.31. The van der Waals surface area contributed by atoms with Crippen LogP contribution in [-0.2, 0) is 28.0 Å². The van der Waals surface area contributed by atoms with Gasteiger partial charge in [0.1, 0.15) is 12.4 Å². The molecule has 138 valence electrons. The second-order valence-electron chi connectivity index (χ2n) is 6.59. The zero-order valence-electron chi connectivity index (χ0n) is 15.1. The molecule has 2 heterocycles. The van der Waals surface area contributed by atoms with Gasteiger partial charge < -0.3 is 19.5 Å². The number of hydrogen-bond donors (Lipinski definition) is 1. The number of carbonyl (C=O) groups excluding carboxylic acids is 2. The Morgan fingerprint density at radius 3 is 2.77 bits per heavy atom. The van der Waals surface area contributed by atoms with E-state index in [0.29, 0.717) is 19.6 Å². The largest absolute Gasteiger partial charge is 0.367 e. The minimum Gasteiger partial charge on any atom is -0.367 e. The van der Waals surface area contributed by atoms with Crippen LogP contribution in [0, 0.1) is 5.92 Å². The number of nitrogens with zero attached hydrogens (tertiary/aromatic N) is 3. The van der Waals surface area contributed by atoms with Gasteiger partial charge in [0.25, 0.3) is 0 Å². The summed E-state index contributed by atoms with van der Waals surface area (Å²) < 4.78 is 7.37. The number of aryl methyl sites for hydroxylation is 1. The number of benzene rings is 1. The van der Waals surface area contributed by atoms with Crippen molar-refractivity contribution in [3.63, 3.8) is 0 Å². The van der Waals surface area contributed by atoms with Gasteiger partial charge in [0, 0.05) is 45.4 Å². The molecular formula is C19H24N4O3. The van der Waals surface area contributed by atoms with Gasteiger partial charge in [-0.3, -0.25) is 9.59 Å². The van der Waals surface area contributed by atoms with Crippen LogP contribution in [0.3, 0.4) is 0 Å². The molecule has 0 saturated carbocycles. The highest BCUT2D eigenvalue weighted by Gasteiger charge is 2.40. The van der Waals surface area contributed by atoms with Crippen molar-refractivity contribution in [1.82, 2.24) is 19.8 Å². The number of carbonyl (C=O) groups is 2. The molecule has 0 unspecified atom stereocenters. The second-order valence-corrected chi connectivity index (χ2v) is 6.59. The Morgan fingerprint density at radius 2 is 2.08 bits per heavy atom. The molecule has 1 aromatic carbocycles. The second kappa shape index (κ2) is 8.14. The molecular weight excluding hydrogens is 332 g/mol. The van der Waals surface area contributed by atoms with Gasteiger partial charge in [-0.25, -0.2) is 4.98 Å². The third-order valence-corrected chi connectivity index (χ3v) is 4.72. The normalized spacial score (nSPS) is 19.8. The van der Waals surface area contributed by atoms with Crippen molar-refractivity contribution in [1.29, 1.82) is 0 Å². The first-order valence-electron chi connectivity index (χ1n) is 8.67. The van der Waals surface area contributed by atoms with Gasteiger partial charge in [-0.15, -0.1) is 0 Å². The highest BCUT2D eigenvalue weighted by atomic mass is 16.5. The topological polar surface area (TPSA) is 76.5 Å². The third-order valence-electron chi connectivity index (χ3n) is 4.72. The summed E-state index contributed by atoms with van der Waals surface area (Å²) in [6.45, 7) is 0.814. The van der Waals surface area contributed by atoms with Crippen LogP contribution in [0.2, 0.25) is 0 Å². The molecule has 1 aliphatic heterocycles. The van der Waals surface area contributed by atoms with Crippen LogP contribution in [0.15, 0.2) is 42.7 Å². The zero-order chi connectivity index (χ0) is 18.5. The molecule has 1 fully saturated rings. The van der Waals surface area contributed by atoms with E-state index >= 15 is 0 Å². The summed E-state index contributed by atoms with van der Waals surface area (Å²) in [7, 11) is 3.69. The fourth-order valence-electron chi connectivity index (χ4n) is 3.31. The first-order chi connectivity index (χ1) is 12.6. The van der Waals surface area contributed by atoms with Crippen LogP contribution in [-0.4, -0.2) is 46.5 Å². The summed E-state index contributed by atoms with van der Waals surface area (Å²) in [5.74, 6) is 0.712. The predicted molar refractivity (Wildman–Crippen MR) is 95.9 cm³/mol. The standard InChI is InChI=1S/C19H24N4O3/c1-22-9-8-20-19(22)18-15(10-17(25)23(18)2)11-21-16(24)13-26-12-14-6-4-3-5-7-14/h3-9,15,18H,10-13H2,1-2H3,(H,21,24)/t15-,18+/m0/s1.